The molecule has 0 saturated carbocycles. The Kier molecular flexibility index (Phi) is 6.19. The molecule has 1 rings (SSSR count). The van der Waals surface area contributed by atoms with Crippen LogP contribution in [0.2, 0.25) is 18.1 Å². The summed E-state index contributed by atoms with van der Waals surface area (Å²) < 4.78 is 17.3. The van der Waals surface area contributed by atoms with Crippen molar-refractivity contribution in [1.82, 2.24) is 4.98 Å². The number of nitrogen functional groups attached to an aromatic ring is 1. The molecule has 0 bridgehead atoms. The van der Waals surface area contributed by atoms with Crippen molar-refractivity contribution in [1.29, 1.82) is 0 Å². The lowest BCUT2D eigenvalue weighted by molar-refractivity contribution is 0.0397. The first-order valence-electron chi connectivity index (χ1n) is 7.17. The number of methoxy groups -OCH3 is 1. The van der Waals surface area contributed by atoms with Gasteiger partial charge in [0, 0.05) is 7.11 Å². The number of nitrogens with two attached hydrogens (primary N) is 1. The first kappa shape index (κ1) is 17.9. The Bertz CT molecular complexity index is 430. The molecule has 0 amide bonds. The predicted molar refractivity (Wildman–Crippen MR) is 88.1 cm³/mol. The third-order valence-electron chi connectivity index (χ3n) is 3.82. The monoisotopic (exact) mass is 312 g/mol. The van der Waals surface area contributed by atoms with Gasteiger partial charge < -0.3 is 19.6 Å². The highest BCUT2D eigenvalue weighted by molar-refractivity contribution is 6.74. The molecule has 0 aliphatic carbocycles. The van der Waals surface area contributed by atoms with Gasteiger partial charge in [-0.05, 0) is 30.3 Å². The molecular weight excluding hydrogens is 284 g/mol. The molecule has 0 aromatic carbocycles. The van der Waals surface area contributed by atoms with Crippen molar-refractivity contribution in [2.75, 3.05) is 26.1 Å². The number of pyridine rings is 1. The molecule has 21 heavy (non-hydrogen) atoms. The Morgan fingerprint density at radius 1 is 1.24 bits per heavy atom. The van der Waals surface area contributed by atoms with Gasteiger partial charge in [-0.2, -0.15) is 0 Å². The van der Waals surface area contributed by atoms with E-state index in [2.05, 4.69) is 38.8 Å². The lowest BCUT2D eigenvalue weighted by Gasteiger charge is -2.39. The van der Waals surface area contributed by atoms with Gasteiger partial charge in [0.25, 0.3) is 0 Å². The maximum absolute atomic E-state index is 6.33. The molecule has 6 heteroatoms. The van der Waals surface area contributed by atoms with Crippen LogP contribution in [0.25, 0.3) is 0 Å². The van der Waals surface area contributed by atoms with Crippen molar-refractivity contribution in [3.8, 4) is 5.75 Å². The fourth-order valence-electron chi connectivity index (χ4n) is 1.56. The molecular formula is C15H28N2O3Si. The lowest BCUT2D eigenvalue weighted by Crippen LogP contribution is -2.46. The smallest absolute Gasteiger partial charge is 0.192 e. The molecule has 5 nitrogen and oxygen atoms in total. The van der Waals surface area contributed by atoms with Gasteiger partial charge in [-0.25, -0.2) is 4.98 Å². The van der Waals surface area contributed by atoms with E-state index in [1.54, 1.807) is 25.4 Å². The van der Waals surface area contributed by atoms with Crippen LogP contribution in [0.1, 0.15) is 20.8 Å². The molecule has 0 fully saturated rings. The average Bonchev–Trinajstić information content (AvgIpc) is 2.36. The molecule has 120 valence electrons. The largest absolute Gasteiger partial charge is 0.489 e. The second-order valence-corrected chi connectivity index (χ2v) is 11.4. The second kappa shape index (κ2) is 7.24. The van der Waals surface area contributed by atoms with E-state index < -0.39 is 8.32 Å². The van der Waals surface area contributed by atoms with E-state index in [0.29, 0.717) is 24.8 Å². The third-order valence-corrected chi connectivity index (χ3v) is 8.35. The number of rotatable bonds is 7. The maximum atomic E-state index is 6.33. The van der Waals surface area contributed by atoms with Gasteiger partial charge in [0.15, 0.2) is 8.32 Å². The maximum Gasteiger partial charge on any atom is 0.192 e. The molecule has 1 aromatic heterocycles. The van der Waals surface area contributed by atoms with E-state index in [1.165, 1.54) is 0 Å². The van der Waals surface area contributed by atoms with Crippen LogP contribution >= 0.6 is 0 Å². The molecule has 1 aromatic rings. The topological polar surface area (TPSA) is 66.6 Å². The summed E-state index contributed by atoms with van der Waals surface area (Å²) in [6.45, 7) is 12.0. The molecule has 0 saturated heterocycles. The molecule has 2 N–H and O–H groups in total. The fourth-order valence-corrected chi connectivity index (χ4v) is 2.88. The van der Waals surface area contributed by atoms with Gasteiger partial charge in [0.05, 0.1) is 12.8 Å². The first-order valence-corrected chi connectivity index (χ1v) is 10.1. The molecule has 0 aliphatic heterocycles. The minimum absolute atomic E-state index is 0.0894. The van der Waals surface area contributed by atoms with Crippen LogP contribution in [0.4, 0.5) is 5.82 Å². The lowest BCUT2D eigenvalue weighted by atomic mass is 10.2. The summed E-state index contributed by atoms with van der Waals surface area (Å²) in [6.07, 6.45) is 1.53. The summed E-state index contributed by atoms with van der Waals surface area (Å²) in [4.78, 5) is 4.01. The number of aromatic nitrogens is 1. The van der Waals surface area contributed by atoms with Crippen LogP contribution in [0.15, 0.2) is 18.3 Å². The standard InChI is InChI=1S/C15H28N2O3Si/c1-15(2,3)21(5,6)20-13(10-18-4)11-19-12-7-8-14(16)17-9-12/h7-9,13H,10-11H2,1-6H3,(H2,16,17). The third kappa shape index (κ3) is 5.65. The van der Waals surface area contributed by atoms with Gasteiger partial charge in [-0.3, -0.25) is 0 Å². The van der Waals surface area contributed by atoms with E-state index in [4.69, 9.17) is 19.6 Å². The van der Waals surface area contributed by atoms with Crippen LogP contribution < -0.4 is 10.5 Å². The molecule has 0 spiro atoms. The van der Waals surface area contributed by atoms with Crippen LogP contribution in [0.5, 0.6) is 5.75 Å². The van der Waals surface area contributed by atoms with Crippen molar-refractivity contribution in [3.05, 3.63) is 18.3 Å². The van der Waals surface area contributed by atoms with E-state index in [1.807, 2.05) is 0 Å². The van der Waals surface area contributed by atoms with Gasteiger partial charge in [-0.15, -0.1) is 0 Å². The summed E-state index contributed by atoms with van der Waals surface area (Å²) in [5, 5.41) is 0.155. The highest BCUT2D eigenvalue weighted by atomic mass is 28.4. The molecule has 0 aliphatic rings. The van der Waals surface area contributed by atoms with E-state index in [0.717, 1.165) is 0 Å². The van der Waals surface area contributed by atoms with Crippen molar-refractivity contribution in [2.45, 2.75) is 45.0 Å². The summed E-state index contributed by atoms with van der Waals surface area (Å²) in [5.74, 6) is 1.16. The molecule has 1 atom stereocenters. The van der Waals surface area contributed by atoms with E-state index in [-0.39, 0.29) is 11.1 Å². The number of hydrogen-bond acceptors (Lipinski definition) is 5. The average molecular weight is 312 g/mol. The van der Waals surface area contributed by atoms with Crippen LogP contribution in [-0.4, -0.2) is 39.7 Å². The highest BCUT2D eigenvalue weighted by Gasteiger charge is 2.39. The zero-order chi connectivity index (χ0) is 16.1. The number of hydrogen-bond donors (Lipinski definition) is 1. The number of anilines is 1. The van der Waals surface area contributed by atoms with Crippen LogP contribution in [0, 0.1) is 0 Å². The quantitative estimate of drug-likeness (QED) is 0.784. The summed E-state index contributed by atoms with van der Waals surface area (Å²) in [7, 11) is -0.175. The fraction of sp³-hybridized carbons (Fsp3) is 0.667. The Morgan fingerprint density at radius 3 is 2.38 bits per heavy atom. The highest BCUT2D eigenvalue weighted by Crippen LogP contribution is 2.37. The summed E-state index contributed by atoms with van der Waals surface area (Å²) in [5.41, 5.74) is 5.56. The number of nitrogens with zero attached hydrogens (tertiary/aromatic N) is 1. The Labute approximate surface area is 128 Å². The van der Waals surface area contributed by atoms with Crippen molar-refractivity contribution in [3.63, 3.8) is 0 Å². The predicted octanol–water partition coefficient (Wildman–Crippen LogP) is 3.08. The second-order valence-electron chi connectivity index (χ2n) is 6.69. The summed E-state index contributed by atoms with van der Waals surface area (Å²) >= 11 is 0. The van der Waals surface area contributed by atoms with E-state index in [9.17, 15) is 0 Å². The zero-order valence-corrected chi connectivity index (χ0v) is 15.0. The zero-order valence-electron chi connectivity index (χ0n) is 14.0. The first-order chi connectivity index (χ1) is 9.65. The van der Waals surface area contributed by atoms with Crippen molar-refractivity contribution >= 4 is 14.1 Å². The van der Waals surface area contributed by atoms with Crippen LogP contribution in [0.3, 0.4) is 0 Å². The van der Waals surface area contributed by atoms with E-state index >= 15 is 0 Å². The van der Waals surface area contributed by atoms with Crippen molar-refractivity contribution in [2.24, 2.45) is 0 Å². The molecule has 0 radical (unpaired) electrons. The van der Waals surface area contributed by atoms with Gasteiger partial charge in [-0.1, -0.05) is 20.8 Å². The number of ether oxygens (including phenoxy) is 2. The normalized spacial score (nSPS) is 14.0. The van der Waals surface area contributed by atoms with Gasteiger partial charge in [0.2, 0.25) is 0 Å². The van der Waals surface area contributed by atoms with Crippen molar-refractivity contribution < 1.29 is 13.9 Å². The van der Waals surface area contributed by atoms with Crippen LogP contribution in [-0.2, 0) is 9.16 Å². The SMILES string of the molecule is COCC(COc1ccc(N)nc1)O[Si](C)(C)C(C)(C)C. The minimum Gasteiger partial charge on any atom is -0.489 e. The Hall–Kier alpha value is -1.11. The minimum atomic E-state index is -1.85. The van der Waals surface area contributed by atoms with Gasteiger partial charge >= 0.3 is 0 Å². The summed E-state index contributed by atoms with van der Waals surface area (Å²) in [6, 6.07) is 3.52. The Morgan fingerprint density at radius 2 is 1.90 bits per heavy atom. The Balaban J connectivity index is 2.63. The molecule has 1 unspecified atom stereocenters. The van der Waals surface area contributed by atoms with Gasteiger partial charge in [0.1, 0.15) is 24.3 Å². The molecule has 1 heterocycles.